The molecule has 0 bridgehead atoms. The van der Waals surface area contributed by atoms with Gasteiger partial charge in [-0.05, 0) is 24.7 Å². The van der Waals surface area contributed by atoms with Crippen LogP contribution in [-0.4, -0.2) is 30.5 Å². The number of thioether (sulfide) groups is 1. The zero-order chi connectivity index (χ0) is 12.3. The minimum absolute atomic E-state index is 0. The van der Waals surface area contributed by atoms with Crippen LogP contribution in [0.3, 0.4) is 0 Å². The van der Waals surface area contributed by atoms with Crippen molar-refractivity contribution in [2.24, 2.45) is 4.99 Å². The molecule has 0 spiro atoms. The van der Waals surface area contributed by atoms with Crippen LogP contribution in [0.25, 0.3) is 0 Å². The van der Waals surface area contributed by atoms with Crippen molar-refractivity contribution in [2.45, 2.75) is 5.75 Å². The second-order valence-electron chi connectivity index (χ2n) is 3.83. The van der Waals surface area contributed by atoms with Gasteiger partial charge in [-0.15, -0.1) is 0 Å². The van der Waals surface area contributed by atoms with Crippen LogP contribution in [0.5, 0.6) is 0 Å². The van der Waals surface area contributed by atoms with Crippen molar-refractivity contribution in [3.63, 3.8) is 0 Å². The van der Waals surface area contributed by atoms with Gasteiger partial charge in [0.05, 0.1) is 23.4 Å². The third-order valence-electron chi connectivity index (χ3n) is 2.32. The minimum atomic E-state index is 0. The van der Waals surface area contributed by atoms with Crippen LogP contribution in [0, 0.1) is 0 Å². The molecule has 1 heterocycles. The highest BCUT2D eigenvalue weighted by atomic mass is 35.5. The Kier molecular flexibility index (Phi) is 6.60. The first-order valence-corrected chi connectivity index (χ1v) is 6.93. The molecule has 3 nitrogen and oxygen atoms in total. The van der Waals surface area contributed by atoms with Gasteiger partial charge >= 0.3 is 0 Å². The molecule has 0 saturated carbocycles. The van der Waals surface area contributed by atoms with Gasteiger partial charge in [-0.25, -0.2) is 4.99 Å². The van der Waals surface area contributed by atoms with Crippen molar-refractivity contribution in [1.82, 2.24) is 10.2 Å². The zero-order valence-electron chi connectivity index (χ0n) is 9.79. The highest BCUT2D eigenvalue weighted by Gasteiger charge is 2.08. The van der Waals surface area contributed by atoms with E-state index < -0.39 is 0 Å². The molecule has 7 heteroatoms. The third kappa shape index (κ3) is 4.52. The van der Waals surface area contributed by atoms with Crippen LogP contribution in [0.1, 0.15) is 5.56 Å². The molecule has 0 amide bonds. The highest BCUT2D eigenvalue weighted by Crippen LogP contribution is 2.24. The van der Waals surface area contributed by atoms with Gasteiger partial charge in [0.25, 0.3) is 0 Å². The Morgan fingerprint density at radius 2 is 2.17 bits per heavy atom. The fourth-order valence-corrected chi connectivity index (χ4v) is 2.49. The molecular formula is C11H13Cl3N3S-. The molecule has 2 rings (SSSR count). The van der Waals surface area contributed by atoms with E-state index in [1.807, 2.05) is 25.2 Å². The lowest BCUT2D eigenvalue weighted by molar-refractivity contribution is -0.00000333. The number of aliphatic imine (C=N–C) groups is 1. The fourth-order valence-electron chi connectivity index (χ4n) is 1.37. The van der Waals surface area contributed by atoms with E-state index in [2.05, 4.69) is 15.2 Å². The standard InChI is InChI=1S/C11H13Cl2N3S.ClH/c1-16-6-14-11(15-7-16)17-5-8-2-3-9(12)10(13)4-8;/h2-4H,5-7H2,1H3,(H,14,15);1H/p-1. The van der Waals surface area contributed by atoms with Crippen molar-refractivity contribution in [1.29, 1.82) is 0 Å². The van der Waals surface area contributed by atoms with Crippen molar-refractivity contribution < 1.29 is 12.4 Å². The summed E-state index contributed by atoms with van der Waals surface area (Å²) in [6.45, 7) is 1.59. The van der Waals surface area contributed by atoms with Gasteiger partial charge in [-0.2, -0.15) is 0 Å². The molecule has 1 aliphatic rings. The first-order valence-electron chi connectivity index (χ1n) is 5.19. The molecular weight excluding hydrogens is 313 g/mol. The molecule has 1 N–H and O–H groups in total. The summed E-state index contributed by atoms with van der Waals surface area (Å²) in [6, 6.07) is 5.70. The lowest BCUT2D eigenvalue weighted by Crippen LogP contribution is -3.00. The Hall–Kier alpha value is -0.130. The Labute approximate surface area is 127 Å². The second-order valence-corrected chi connectivity index (χ2v) is 5.61. The second kappa shape index (κ2) is 7.46. The van der Waals surface area contributed by atoms with Gasteiger partial charge in [-0.1, -0.05) is 41.0 Å². The molecule has 0 aliphatic carbocycles. The maximum atomic E-state index is 5.96. The largest absolute Gasteiger partial charge is 1.00 e. The van der Waals surface area contributed by atoms with E-state index in [1.165, 1.54) is 0 Å². The highest BCUT2D eigenvalue weighted by molar-refractivity contribution is 8.13. The van der Waals surface area contributed by atoms with Crippen molar-refractivity contribution in [3.8, 4) is 0 Å². The molecule has 0 fully saturated rings. The SMILES string of the molecule is CN1CN=C(SCc2ccc(Cl)c(Cl)c2)NC1.[Cl-]. The van der Waals surface area contributed by atoms with Gasteiger partial charge in [0.15, 0.2) is 5.17 Å². The molecule has 0 saturated heterocycles. The molecule has 1 aromatic rings. The van der Waals surface area contributed by atoms with Gasteiger partial charge in [0.2, 0.25) is 0 Å². The summed E-state index contributed by atoms with van der Waals surface area (Å²) in [5.74, 6) is 0.840. The summed E-state index contributed by atoms with van der Waals surface area (Å²) in [5, 5.41) is 5.42. The van der Waals surface area contributed by atoms with Crippen molar-refractivity contribution in [3.05, 3.63) is 33.8 Å². The van der Waals surface area contributed by atoms with E-state index in [1.54, 1.807) is 11.8 Å². The maximum Gasteiger partial charge on any atom is 0.159 e. The number of hydrogen-bond acceptors (Lipinski definition) is 4. The van der Waals surface area contributed by atoms with Crippen LogP contribution < -0.4 is 17.7 Å². The quantitative estimate of drug-likeness (QED) is 0.832. The van der Waals surface area contributed by atoms with Crippen LogP contribution in [-0.2, 0) is 5.75 Å². The summed E-state index contributed by atoms with van der Waals surface area (Å²) in [6.07, 6.45) is 0. The van der Waals surface area contributed by atoms with Crippen LogP contribution in [0.4, 0.5) is 0 Å². The van der Waals surface area contributed by atoms with Crippen LogP contribution >= 0.6 is 35.0 Å². The Bertz CT molecular complexity index is 440. The minimum Gasteiger partial charge on any atom is -1.00 e. The lowest BCUT2D eigenvalue weighted by atomic mass is 10.2. The van der Waals surface area contributed by atoms with Crippen molar-refractivity contribution >= 4 is 40.1 Å². The molecule has 100 valence electrons. The predicted octanol–water partition coefficient (Wildman–Crippen LogP) is 0.0366. The van der Waals surface area contributed by atoms with Gasteiger partial charge in [0, 0.05) is 5.75 Å². The fraction of sp³-hybridized carbons (Fsp3) is 0.364. The Morgan fingerprint density at radius 1 is 1.39 bits per heavy atom. The van der Waals surface area contributed by atoms with Gasteiger partial charge in [-0.3, -0.25) is 4.90 Å². The van der Waals surface area contributed by atoms with E-state index in [9.17, 15) is 0 Å². The number of benzene rings is 1. The van der Waals surface area contributed by atoms with Gasteiger partial charge < -0.3 is 17.7 Å². The summed E-state index contributed by atoms with van der Waals surface area (Å²) in [4.78, 5) is 6.50. The average molecular weight is 326 g/mol. The topological polar surface area (TPSA) is 27.6 Å². The monoisotopic (exact) mass is 324 g/mol. The Morgan fingerprint density at radius 3 is 2.78 bits per heavy atom. The average Bonchev–Trinajstić information content (AvgIpc) is 2.33. The third-order valence-corrected chi connectivity index (χ3v) is 4.08. The number of hydrogen-bond donors (Lipinski definition) is 1. The first-order chi connectivity index (χ1) is 8.15. The van der Waals surface area contributed by atoms with E-state index in [0.717, 1.165) is 29.8 Å². The molecule has 0 radical (unpaired) electrons. The molecule has 0 atom stereocenters. The molecule has 1 aromatic carbocycles. The Balaban J connectivity index is 0.00000162. The predicted molar refractivity (Wildman–Crippen MR) is 75.8 cm³/mol. The molecule has 0 aromatic heterocycles. The van der Waals surface area contributed by atoms with E-state index in [-0.39, 0.29) is 12.4 Å². The zero-order valence-corrected chi connectivity index (χ0v) is 12.9. The number of nitrogens with zero attached hydrogens (tertiary/aromatic N) is 2. The summed E-state index contributed by atoms with van der Waals surface area (Å²) in [7, 11) is 2.02. The first kappa shape index (κ1) is 15.9. The molecule has 1 aliphatic heterocycles. The van der Waals surface area contributed by atoms with Gasteiger partial charge in [0.1, 0.15) is 0 Å². The van der Waals surface area contributed by atoms with Crippen LogP contribution in [0.2, 0.25) is 10.0 Å². The number of rotatable bonds is 2. The summed E-state index contributed by atoms with van der Waals surface area (Å²) < 4.78 is 0. The van der Waals surface area contributed by atoms with Crippen molar-refractivity contribution in [2.75, 3.05) is 20.4 Å². The number of halogens is 3. The molecule has 0 unspecified atom stereocenters. The maximum absolute atomic E-state index is 5.96. The van der Waals surface area contributed by atoms with E-state index in [4.69, 9.17) is 23.2 Å². The van der Waals surface area contributed by atoms with E-state index in [0.29, 0.717) is 10.0 Å². The summed E-state index contributed by atoms with van der Waals surface area (Å²) in [5.41, 5.74) is 1.15. The molecule has 18 heavy (non-hydrogen) atoms. The number of nitrogens with one attached hydrogen (secondary N) is 1. The summed E-state index contributed by atoms with van der Waals surface area (Å²) >= 11 is 13.5. The number of amidine groups is 1. The normalized spacial score (nSPS) is 15.6. The lowest BCUT2D eigenvalue weighted by Gasteiger charge is -2.22. The van der Waals surface area contributed by atoms with Crippen LogP contribution in [0.15, 0.2) is 23.2 Å². The van der Waals surface area contributed by atoms with E-state index >= 15 is 0 Å². The smallest absolute Gasteiger partial charge is 0.159 e.